The molecule has 0 aromatic rings. The van der Waals surface area contributed by atoms with Crippen LogP contribution in [0.3, 0.4) is 0 Å². The highest BCUT2D eigenvalue weighted by molar-refractivity contribution is 5.81. The Balaban J connectivity index is 3.64. The second-order valence-electron chi connectivity index (χ2n) is 5.25. The molecule has 2 amide bonds. The molecule has 0 bridgehead atoms. The normalized spacial score (nSPS) is 12.3. The van der Waals surface area contributed by atoms with E-state index in [1.165, 1.54) is 0 Å². The molecule has 19 heavy (non-hydrogen) atoms. The zero-order chi connectivity index (χ0) is 14.7. The van der Waals surface area contributed by atoms with Crippen LogP contribution in [0.1, 0.15) is 47.0 Å². The van der Waals surface area contributed by atoms with Gasteiger partial charge in [0.1, 0.15) is 0 Å². The molecule has 0 aromatic carbocycles. The highest BCUT2D eigenvalue weighted by atomic mass is 16.2. The molecule has 1 unspecified atom stereocenters. The Kier molecular flexibility index (Phi) is 10.2. The second-order valence-corrected chi connectivity index (χ2v) is 5.25. The van der Waals surface area contributed by atoms with Crippen LogP contribution in [0.25, 0.3) is 0 Å². The number of carbonyl (C=O) groups excluding carboxylic acids is 2. The lowest BCUT2D eigenvalue weighted by Crippen LogP contribution is -2.43. The fraction of sp³-hybridized carbons (Fsp3) is 0.857. The van der Waals surface area contributed by atoms with Crippen molar-refractivity contribution in [2.75, 3.05) is 19.6 Å². The molecule has 0 rings (SSSR count). The molecular weight excluding hydrogens is 242 g/mol. The summed E-state index contributed by atoms with van der Waals surface area (Å²) in [5, 5.41) is 8.74. The van der Waals surface area contributed by atoms with Gasteiger partial charge in [-0.1, -0.05) is 20.8 Å². The lowest BCUT2D eigenvalue weighted by molar-refractivity contribution is -0.124. The maximum absolute atomic E-state index is 11.7. The lowest BCUT2D eigenvalue weighted by atomic mass is 10.1. The van der Waals surface area contributed by atoms with Crippen LogP contribution in [0.15, 0.2) is 0 Å². The molecule has 0 heterocycles. The van der Waals surface area contributed by atoms with Gasteiger partial charge in [0.15, 0.2) is 0 Å². The van der Waals surface area contributed by atoms with Crippen LogP contribution in [0.4, 0.5) is 0 Å². The van der Waals surface area contributed by atoms with E-state index in [0.29, 0.717) is 32.0 Å². The first kappa shape index (κ1) is 17.9. The molecular formula is C14H29N3O2. The third-order valence-electron chi connectivity index (χ3n) is 2.79. The van der Waals surface area contributed by atoms with Crippen LogP contribution in [0, 0.1) is 5.92 Å². The van der Waals surface area contributed by atoms with Gasteiger partial charge in [-0.25, -0.2) is 0 Å². The Hall–Kier alpha value is -1.10. The summed E-state index contributed by atoms with van der Waals surface area (Å²) < 4.78 is 0. The first-order valence-electron chi connectivity index (χ1n) is 7.25. The zero-order valence-corrected chi connectivity index (χ0v) is 12.7. The zero-order valence-electron chi connectivity index (χ0n) is 12.7. The number of amides is 2. The molecule has 0 aliphatic carbocycles. The standard InChI is InChI=1S/C14H29N3O2/c1-5-8-16-13(18)7-10-15-12(4)14(19)17-9-6-11(2)3/h11-12,15H,5-10H2,1-4H3,(H,16,18)(H,17,19). The second kappa shape index (κ2) is 10.8. The molecule has 112 valence electrons. The predicted octanol–water partition coefficient (Wildman–Crippen LogP) is 1.04. The number of carbonyl (C=O) groups is 2. The molecule has 0 saturated carbocycles. The van der Waals surface area contributed by atoms with Gasteiger partial charge in [-0.2, -0.15) is 0 Å². The van der Waals surface area contributed by atoms with Crippen LogP contribution in [0.5, 0.6) is 0 Å². The molecule has 5 nitrogen and oxygen atoms in total. The quantitative estimate of drug-likeness (QED) is 0.556. The van der Waals surface area contributed by atoms with Crippen molar-refractivity contribution in [3.63, 3.8) is 0 Å². The Bertz CT molecular complexity index is 267. The predicted molar refractivity (Wildman–Crippen MR) is 77.8 cm³/mol. The molecule has 0 radical (unpaired) electrons. The first-order valence-corrected chi connectivity index (χ1v) is 7.25. The molecule has 3 N–H and O–H groups in total. The molecule has 0 spiro atoms. The number of rotatable bonds is 10. The van der Waals surface area contributed by atoms with Gasteiger partial charge in [-0.3, -0.25) is 9.59 Å². The van der Waals surface area contributed by atoms with Crippen molar-refractivity contribution >= 4 is 11.8 Å². The van der Waals surface area contributed by atoms with E-state index in [4.69, 9.17) is 0 Å². The van der Waals surface area contributed by atoms with Crippen LogP contribution in [-0.2, 0) is 9.59 Å². The molecule has 0 fully saturated rings. The van der Waals surface area contributed by atoms with Crippen molar-refractivity contribution < 1.29 is 9.59 Å². The minimum Gasteiger partial charge on any atom is -0.356 e. The van der Waals surface area contributed by atoms with E-state index >= 15 is 0 Å². The van der Waals surface area contributed by atoms with E-state index in [1.807, 2.05) is 13.8 Å². The van der Waals surface area contributed by atoms with Gasteiger partial charge in [-0.05, 0) is 25.7 Å². The van der Waals surface area contributed by atoms with Crippen molar-refractivity contribution in [3.05, 3.63) is 0 Å². The number of hydrogen-bond acceptors (Lipinski definition) is 3. The largest absolute Gasteiger partial charge is 0.356 e. The fourth-order valence-electron chi connectivity index (χ4n) is 1.48. The molecule has 0 aromatic heterocycles. The maximum atomic E-state index is 11.7. The Morgan fingerprint density at radius 1 is 1.00 bits per heavy atom. The maximum Gasteiger partial charge on any atom is 0.236 e. The van der Waals surface area contributed by atoms with Crippen molar-refractivity contribution in [2.24, 2.45) is 5.92 Å². The summed E-state index contributed by atoms with van der Waals surface area (Å²) >= 11 is 0. The average Bonchev–Trinajstić information content (AvgIpc) is 2.35. The van der Waals surface area contributed by atoms with Crippen LogP contribution >= 0.6 is 0 Å². The monoisotopic (exact) mass is 271 g/mol. The van der Waals surface area contributed by atoms with Crippen molar-refractivity contribution in [1.82, 2.24) is 16.0 Å². The third-order valence-corrected chi connectivity index (χ3v) is 2.79. The molecule has 0 aliphatic heterocycles. The van der Waals surface area contributed by atoms with Gasteiger partial charge in [0.2, 0.25) is 11.8 Å². The summed E-state index contributed by atoms with van der Waals surface area (Å²) in [6.07, 6.45) is 2.33. The SMILES string of the molecule is CCCNC(=O)CCNC(C)C(=O)NCCC(C)C. The van der Waals surface area contributed by atoms with E-state index in [0.717, 1.165) is 12.8 Å². The van der Waals surface area contributed by atoms with E-state index in [9.17, 15) is 9.59 Å². The van der Waals surface area contributed by atoms with Gasteiger partial charge in [-0.15, -0.1) is 0 Å². The van der Waals surface area contributed by atoms with Crippen LogP contribution < -0.4 is 16.0 Å². The fourth-order valence-corrected chi connectivity index (χ4v) is 1.48. The van der Waals surface area contributed by atoms with E-state index in [2.05, 4.69) is 29.8 Å². The summed E-state index contributed by atoms with van der Waals surface area (Å²) in [6.45, 7) is 10.0. The summed E-state index contributed by atoms with van der Waals surface area (Å²) in [6, 6.07) is -0.258. The average molecular weight is 271 g/mol. The highest BCUT2D eigenvalue weighted by Crippen LogP contribution is 1.96. The van der Waals surface area contributed by atoms with Crippen molar-refractivity contribution in [2.45, 2.75) is 53.0 Å². The topological polar surface area (TPSA) is 70.2 Å². The smallest absolute Gasteiger partial charge is 0.236 e. The summed E-state index contributed by atoms with van der Waals surface area (Å²) in [5.41, 5.74) is 0. The molecule has 1 atom stereocenters. The van der Waals surface area contributed by atoms with Gasteiger partial charge in [0.25, 0.3) is 0 Å². The summed E-state index contributed by atoms with van der Waals surface area (Å²) in [5.74, 6) is 0.613. The van der Waals surface area contributed by atoms with Crippen LogP contribution in [0.2, 0.25) is 0 Å². The van der Waals surface area contributed by atoms with E-state index in [1.54, 1.807) is 0 Å². The minimum atomic E-state index is -0.258. The van der Waals surface area contributed by atoms with Gasteiger partial charge < -0.3 is 16.0 Å². The Morgan fingerprint density at radius 2 is 1.68 bits per heavy atom. The Morgan fingerprint density at radius 3 is 2.26 bits per heavy atom. The number of hydrogen-bond donors (Lipinski definition) is 3. The van der Waals surface area contributed by atoms with Gasteiger partial charge in [0, 0.05) is 26.1 Å². The Labute approximate surface area is 116 Å². The van der Waals surface area contributed by atoms with Gasteiger partial charge >= 0.3 is 0 Å². The summed E-state index contributed by atoms with van der Waals surface area (Å²) in [7, 11) is 0. The van der Waals surface area contributed by atoms with Crippen molar-refractivity contribution in [1.29, 1.82) is 0 Å². The first-order chi connectivity index (χ1) is 8.97. The lowest BCUT2D eigenvalue weighted by Gasteiger charge is -2.14. The van der Waals surface area contributed by atoms with Crippen molar-refractivity contribution in [3.8, 4) is 0 Å². The number of nitrogens with one attached hydrogen (secondary N) is 3. The molecule has 0 aliphatic rings. The van der Waals surface area contributed by atoms with Gasteiger partial charge in [0.05, 0.1) is 6.04 Å². The highest BCUT2D eigenvalue weighted by Gasteiger charge is 2.11. The van der Waals surface area contributed by atoms with E-state index in [-0.39, 0.29) is 17.9 Å². The van der Waals surface area contributed by atoms with Crippen LogP contribution in [-0.4, -0.2) is 37.5 Å². The third kappa shape index (κ3) is 10.5. The molecule has 0 saturated heterocycles. The molecule has 5 heteroatoms. The minimum absolute atomic E-state index is 0.00498. The van der Waals surface area contributed by atoms with E-state index < -0.39 is 0 Å². The summed E-state index contributed by atoms with van der Waals surface area (Å²) in [4.78, 5) is 23.0.